The maximum absolute atomic E-state index is 5.85. The summed E-state index contributed by atoms with van der Waals surface area (Å²) >= 11 is 15.1. The molecule has 2 aromatic heterocycles. The second kappa shape index (κ2) is 4.15. The summed E-state index contributed by atoms with van der Waals surface area (Å²) in [7, 11) is -0.324. The van der Waals surface area contributed by atoms with Crippen LogP contribution in [0, 0.1) is 0 Å². The molecule has 0 aliphatic rings. The lowest BCUT2D eigenvalue weighted by atomic mass is 10.7. The van der Waals surface area contributed by atoms with E-state index in [1.165, 1.54) is 9.00 Å². The minimum absolute atomic E-state index is 0.324. The molecule has 0 atom stereocenters. The molecule has 2 heterocycles. The van der Waals surface area contributed by atoms with Crippen LogP contribution in [-0.4, -0.2) is 9.52 Å². The van der Waals surface area contributed by atoms with Crippen molar-refractivity contribution in [1.29, 1.82) is 0 Å². The zero-order valence-electron chi connectivity index (χ0n) is 6.59. The molecule has 0 unspecified atom stereocenters. The number of rotatable bonds is 2. The Bertz CT molecular complexity index is 369. The summed E-state index contributed by atoms with van der Waals surface area (Å²) in [6.07, 6.45) is 0. The Morgan fingerprint density at radius 1 is 0.846 bits per heavy atom. The molecule has 0 saturated heterocycles. The van der Waals surface area contributed by atoms with E-state index < -0.39 is 0 Å². The molecule has 2 rings (SSSR count). The van der Waals surface area contributed by atoms with Gasteiger partial charge in [0.1, 0.15) is 9.52 Å². The van der Waals surface area contributed by atoms with E-state index in [9.17, 15) is 0 Å². The topological polar surface area (TPSA) is 0 Å². The molecule has 0 saturated carbocycles. The van der Waals surface area contributed by atoms with Crippen LogP contribution in [-0.2, 0) is 0 Å². The van der Waals surface area contributed by atoms with Gasteiger partial charge in [-0.3, -0.25) is 0 Å². The van der Waals surface area contributed by atoms with Gasteiger partial charge in [0.15, 0.2) is 0 Å². The van der Waals surface area contributed by atoms with E-state index in [0.717, 1.165) is 8.67 Å². The number of halogens is 2. The third-order valence-corrected chi connectivity index (χ3v) is 6.68. The highest BCUT2D eigenvalue weighted by atomic mass is 35.5. The van der Waals surface area contributed by atoms with Crippen LogP contribution >= 0.6 is 45.9 Å². The third-order valence-electron chi connectivity index (χ3n) is 1.61. The Kier molecular flexibility index (Phi) is 3.11. The predicted molar refractivity (Wildman–Crippen MR) is 66.5 cm³/mol. The van der Waals surface area contributed by atoms with Gasteiger partial charge in [0.25, 0.3) is 0 Å². The van der Waals surface area contributed by atoms with E-state index in [0.29, 0.717) is 0 Å². The predicted octanol–water partition coefficient (Wildman–Crippen LogP) is 2.24. The van der Waals surface area contributed by atoms with Crippen molar-refractivity contribution in [3.8, 4) is 0 Å². The second-order valence-electron chi connectivity index (χ2n) is 2.59. The quantitative estimate of drug-likeness (QED) is 0.731. The largest absolute Gasteiger partial charge is 0.133 e. The van der Waals surface area contributed by atoms with Gasteiger partial charge in [-0.05, 0) is 21.1 Å². The summed E-state index contributed by atoms with van der Waals surface area (Å²) in [6, 6.07) is 8.16. The van der Waals surface area contributed by atoms with Crippen LogP contribution in [0.3, 0.4) is 0 Å². The van der Waals surface area contributed by atoms with Gasteiger partial charge in [-0.15, -0.1) is 22.7 Å². The molecular formula is C8H6Cl2S2Si. The molecule has 0 bridgehead atoms. The fraction of sp³-hybridized carbons (Fsp3) is 0. The van der Waals surface area contributed by atoms with Crippen LogP contribution in [0.5, 0.6) is 0 Å². The van der Waals surface area contributed by atoms with Gasteiger partial charge in [0, 0.05) is 0 Å². The molecule has 0 N–H and O–H groups in total. The first-order valence-corrected chi connectivity index (χ1v) is 7.53. The molecule has 0 amide bonds. The van der Waals surface area contributed by atoms with Crippen molar-refractivity contribution >= 4 is 64.4 Å². The molecule has 0 aliphatic carbocycles. The third kappa shape index (κ3) is 2.57. The smallest absolute Gasteiger partial charge is 0.113 e. The van der Waals surface area contributed by atoms with Gasteiger partial charge in [0.05, 0.1) is 8.67 Å². The maximum atomic E-state index is 5.85. The van der Waals surface area contributed by atoms with Crippen molar-refractivity contribution in [3.63, 3.8) is 0 Å². The van der Waals surface area contributed by atoms with E-state index >= 15 is 0 Å². The molecule has 68 valence electrons. The highest BCUT2D eigenvalue weighted by molar-refractivity contribution is 7.31. The van der Waals surface area contributed by atoms with Crippen molar-refractivity contribution in [2.75, 3.05) is 0 Å². The number of hydrogen-bond acceptors (Lipinski definition) is 2. The summed E-state index contributed by atoms with van der Waals surface area (Å²) in [5, 5.41) is 0. The lowest BCUT2D eigenvalue weighted by Crippen LogP contribution is -2.20. The van der Waals surface area contributed by atoms with Crippen molar-refractivity contribution in [2.45, 2.75) is 0 Å². The van der Waals surface area contributed by atoms with Crippen molar-refractivity contribution < 1.29 is 0 Å². The van der Waals surface area contributed by atoms with Crippen molar-refractivity contribution in [1.82, 2.24) is 0 Å². The average Bonchev–Trinajstić information content (AvgIpc) is 2.62. The molecule has 0 nitrogen and oxygen atoms in total. The number of hydrogen-bond donors (Lipinski definition) is 0. The highest BCUT2D eigenvalue weighted by Gasteiger charge is 2.03. The molecule has 2 aromatic rings. The van der Waals surface area contributed by atoms with Crippen molar-refractivity contribution in [3.05, 3.63) is 32.9 Å². The van der Waals surface area contributed by atoms with Gasteiger partial charge < -0.3 is 0 Å². The fourth-order valence-corrected chi connectivity index (χ4v) is 6.91. The van der Waals surface area contributed by atoms with E-state index in [1.54, 1.807) is 22.7 Å². The zero-order chi connectivity index (χ0) is 9.26. The van der Waals surface area contributed by atoms with Crippen LogP contribution in [0.25, 0.3) is 0 Å². The minimum Gasteiger partial charge on any atom is -0.133 e. The molecule has 0 aromatic carbocycles. The summed E-state index contributed by atoms with van der Waals surface area (Å²) in [4.78, 5) is 0. The van der Waals surface area contributed by atoms with Crippen LogP contribution in [0.4, 0.5) is 0 Å². The molecular weight excluding hydrogens is 259 g/mol. The molecule has 0 fully saturated rings. The first-order chi connectivity index (χ1) is 6.24. The zero-order valence-corrected chi connectivity index (χ0v) is 11.1. The minimum atomic E-state index is -0.324. The highest BCUT2D eigenvalue weighted by Crippen LogP contribution is 2.15. The number of thiophene rings is 2. The van der Waals surface area contributed by atoms with Crippen molar-refractivity contribution in [2.24, 2.45) is 0 Å². The summed E-state index contributed by atoms with van der Waals surface area (Å²) in [6.45, 7) is 0. The Labute approximate surface area is 97.0 Å². The lowest BCUT2D eigenvalue weighted by Gasteiger charge is -1.89. The maximum Gasteiger partial charge on any atom is 0.113 e. The molecule has 0 radical (unpaired) electrons. The summed E-state index contributed by atoms with van der Waals surface area (Å²) < 4.78 is 4.60. The molecule has 13 heavy (non-hydrogen) atoms. The Morgan fingerprint density at radius 3 is 1.62 bits per heavy atom. The van der Waals surface area contributed by atoms with Gasteiger partial charge in [0.2, 0.25) is 0 Å². The van der Waals surface area contributed by atoms with E-state index in [4.69, 9.17) is 23.2 Å². The Morgan fingerprint density at radius 2 is 1.31 bits per heavy atom. The Hall–Kier alpha value is 0.197. The van der Waals surface area contributed by atoms with Gasteiger partial charge in [-0.2, -0.15) is 0 Å². The van der Waals surface area contributed by atoms with Crippen LogP contribution in [0.2, 0.25) is 8.67 Å². The van der Waals surface area contributed by atoms with Gasteiger partial charge in [-0.25, -0.2) is 0 Å². The average molecular weight is 265 g/mol. The second-order valence-corrected chi connectivity index (χ2v) is 9.09. The monoisotopic (exact) mass is 264 g/mol. The van der Waals surface area contributed by atoms with Crippen LogP contribution < -0.4 is 9.00 Å². The lowest BCUT2D eigenvalue weighted by molar-refractivity contribution is 2.04. The summed E-state index contributed by atoms with van der Waals surface area (Å²) in [5.74, 6) is 0. The molecule has 5 heteroatoms. The van der Waals surface area contributed by atoms with Crippen LogP contribution in [0.15, 0.2) is 24.3 Å². The van der Waals surface area contributed by atoms with Crippen LogP contribution in [0.1, 0.15) is 0 Å². The first-order valence-electron chi connectivity index (χ1n) is 3.72. The van der Waals surface area contributed by atoms with E-state index in [-0.39, 0.29) is 9.52 Å². The molecule has 0 aliphatic heterocycles. The first kappa shape index (κ1) is 9.74. The SMILES string of the molecule is Clc1ccc([SiH2]c2ccc(Cl)s2)s1. The summed E-state index contributed by atoms with van der Waals surface area (Å²) in [5.41, 5.74) is 0. The standard InChI is InChI=1S/C8H6Cl2S2Si/c9-5-1-3-7(11-5)13-8-4-2-6(10)12-8/h1-4H,13H2. The fourth-order valence-electron chi connectivity index (χ4n) is 1.07. The van der Waals surface area contributed by atoms with Gasteiger partial charge >= 0.3 is 0 Å². The normalized spacial score (nSPS) is 10.6. The van der Waals surface area contributed by atoms with Gasteiger partial charge in [-0.1, -0.05) is 35.3 Å². The molecule has 0 spiro atoms. The Balaban J connectivity index is 2.14. The van der Waals surface area contributed by atoms with E-state index in [1.807, 2.05) is 12.1 Å². The van der Waals surface area contributed by atoms with E-state index in [2.05, 4.69) is 12.1 Å².